The van der Waals surface area contributed by atoms with Crippen LogP contribution in [0.1, 0.15) is 51.3 Å². The van der Waals surface area contributed by atoms with E-state index in [4.69, 9.17) is 0 Å². The smallest absolute Gasteiger partial charge is 0.233 e. The van der Waals surface area contributed by atoms with Gasteiger partial charge >= 0.3 is 10.6 Å². The molecule has 6 nitrogen and oxygen atoms in total. The number of rotatable bonds is 3. The molecule has 2 aliphatic heterocycles. The molecule has 1 aromatic carbocycles. The van der Waals surface area contributed by atoms with Crippen LogP contribution in [-0.2, 0) is 21.2 Å². The number of piperidine rings is 2. The molecule has 2 aromatic rings. The molecular weight excluding hydrogens is 427 g/mol. The molecule has 32 heavy (non-hydrogen) atoms. The second kappa shape index (κ2) is 7.58. The van der Waals surface area contributed by atoms with Crippen LogP contribution in [0.15, 0.2) is 36.0 Å². The Morgan fingerprint density at radius 3 is 2.44 bits per heavy atom. The highest BCUT2D eigenvalue weighted by Crippen LogP contribution is 2.45. The van der Waals surface area contributed by atoms with Crippen LogP contribution in [0.5, 0.6) is 0 Å². The van der Waals surface area contributed by atoms with Gasteiger partial charge in [0.1, 0.15) is 5.82 Å². The third-order valence-corrected chi connectivity index (χ3v) is 9.55. The highest BCUT2D eigenvalue weighted by Gasteiger charge is 2.51. The van der Waals surface area contributed by atoms with Gasteiger partial charge in [0.25, 0.3) is 0 Å². The van der Waals surface area contributed by atoms with Crippen LogP contribution in [0.3, 0.4) is 0 Å². The van der Waals surface area contributed by atoms with E-state index in [1.807, 2.05) is 10.9 Å². The zero-order chi connectivity index (χ0) is 22.7. The van der Waals surface area contributed by atoms with Gasteiger partial charge in [0.05, 0.1) is 30.7 Å². The van der Waals surface area contributed by atoms with Crippen molar-refractivity contribution in [1.82, 2.24) is 18.4 Å². The van der Waals surface area contributed by atoms with Crippen LogP contribution in [0.2, 0.25) is 0 Å². The molecule has 0 saturated carbocycles. The Bertz CT molecular complexity index is 1100. The van der Waals surface area contributed by atoms with E-state index in [1.165, 1.54) is 17.7 Å². The lowest BCUT2D eigenvalue weighted by Gasteiger charge is -2.44. The summed E-state index contributed by atoms with van der Waals surface area (Å²) in [6.07, 6.45) is 7.46. The van der Waals surface area contributed by atoms with Crippen molar-refractivity contribution in [3.05, 3.63) is 53.1 Å². The average molecular weight is 460 g/mol. The fourth-order valence-corrected chi connectivity index (χ4v) is 7.05. The highest BCUT2D eigenvalue weighted by molar-refractivity contribution is 7.93. The Labute approximate surface area is 190 Å². The summed E-state index contributed by atoms with van der Waals surface area (Å²) >= 11 is 0. The molecule has 1 aromatic heterocycles. The summed E-state index contributed by atoms with van der Waals surface area (Å²) in [7, 11) is -3.21. The van der Waals surface area contributed by atoms with Crippen LogP contribution in [-0.4, -0.2) is 49.1 Å². The molecule has 2 saturated heterocycles. The lowest BCUT2D eigenvalue weighted by molar-refractivity contribution is 0.158. The molecule has 1 aliphatic carbocycles. The van der Waals surface area contributed by atoms with Gasteiger partial charge in [-0.2, -0.15) is 9.65 Å². The molecular formula is C24H32FN4O2S+. The van der Waals surface area contributed by atoms with Crippen molar-refractivity contribution in [2.45, 2.75) is 46.5 Å². The van der Waals surface area contributed by atoms with E-state index < -0.39 is 10.6 Å². The van der Waals surface area contributed by atoms with Crippen LogP contribution < -0.4 is 0 Å². The summed E-state index contributed by atoms with van der Waals surface area (Å²) < 4.78 is 43.5. The zero-order valence-corrected chi connectivity index (χ0v) is 19.9. The topological polar surface area (TPSA) is 61.6 Å². The van der Waals surface area contributed by atoms with Gasteiger partial charge < -0.3 is 0 Å². The number of aromatic nitrogens is 2. The van der Waals surface area contributed by atoms with Gasteiger partial charge in [-0.25, -0.2) is 9.07 Å². The molecule has 0 radical (unpaired) electrons. The first kappa shape index (κ1) is 21.9. The molecule has 2 atom stereocenters. The third kappa shape index (κ3) is 3.77. The van der Waals surface area contributed by atoms with Crippen molar-refractivity contribution in [3.8, 4) is 5.69 Å². The Morgan fingerprint density at radius 2 is 1.75 bits per heavy atom. The molecule has 2 fully saturated rings. The van der Waals surface area contributed by atoms with E-state index in [0.717, 1.165) is 42.6 Å². The van der Waals surface area contributed by atoms with Crippen LogP contribution in [0, 0.1) is 16.6 Å². The molecule has 5 rings (SSSR count). The van der Waals surface area contributed by atoms with Crippen molar-refractivity contribution < 1.29 is 13.2 Å². The first-order valence-corrected chi connectivity index (χ1v) is 12.8. The second-order valence-electron chi connectivity index (χ2n) is 10.5. The van der Waals surface area contributed by atoms with Gasteiger partial charge in [0.15, 0.2) is 0 Å². The molecule has 1 unspecified atom stereocenters. The van der Waals surface area contributed by atoms with Gasteiger partial charge in [-0.1, -0.05) is 35.0 Å². The number of fused-ring (bicyclic) bond motifs is 2. The maximum atomic E-state index is 13.5. The first-order valence-electron chi connectivity index (χ1n) is 11.4. The normalized spacial score (nSPS) is 27.8. The van der Waals surface area contributed by atoms with Gasteiger partial charge in [-0.3, -0.25) is 0 Å². The van der Waals surface area contributed by atoms with Gasteiger partial charge in [0, 0.05) is 18.5 Å². The van der Waals surface area contributed by atoms with Gasteiger partial charge in [0.2, 0.25) is 0 Å². The quantitative estimate of drug-likeness (QED) is 0.683. The maximum absolute atomic E-state index is 13.5. The average Bonchev–Trinajstić information content (AvgIpc) is 3.13. The summed E-state index contributed by atoms with van der Waals surface area (Å²) in [4.78, 5) is 0. The Balaban J connectivity index is 1.38. The molecule has 0 bridgehead atoms. The summed E-state index contributed by atoms with van der Waals surface area (Å²) in [6.45, 7) is 9.09. The zero-order valence-electron chi connectivity index (χ0n) is 19.1. The number of hydrogen-bond acceptors (Lipinski definition) is 2. The fourth-order valence-electron chi connectivity index (χ4n) is 5.28. The van der Waals surface area contributed by atoms with Crippen LogP contribution in [0.25, 0.3) is 11.8 Å². The minimum Gasteiger partial charge on any atom is -0.233 e. The minimum absolute atomic E-state index is 0.206. The van der Waals surface area contributed by atoms with E-state index >= 15 is 0 Å². The lowest BCUT2D eigenvalue weighted by atomic mass is 9.70. The fraction of sp³-hybridized carbons (Fsp3) is 0.542. The summed E-state index contributed by atoms with van der Waals surface area (Å²) in [5, 5.41) is 4.56. The molecule has 1 N–H and O–H groups in total. The summed E-state index contributed by atoms with van der Waals surface area (Å²) in [5.74, 6) is -0.266. The number of hydrogen-bond donors (Lipinski definition) is 1. The highest BCUT2D eigenvalue weighted by atomic mass is 32.3. The molecule has 8 heteroatoms. The summed E-state index contributed by atoms with van der Waals surface area (Å²) in [6, 6.07) is 6.36. The number of benzene rings is 1. The van der Waals surface area contributed by atoms with Gasteiger partial charge in [-0.15, -0.1) is 0 Å². The SMILES string of the molecule is CC1(C)CCN([S+](=O)(O)N2CCC3=Cc4c(cnn4-c4ccc(F)cc4)C[C@]3(C)C2)CC1. The van der Waals surface area contributed by atoms with E-state index in [9.17, 15) is 13.2 Å². The first-order chi connectivity index (χ1) is 15.1. The molecule has 3 heterocycles. The van der Waals surface area contributed by atoms with Crippen molar-refractivity contribution >= 4 is 16.7 Å². The van der Waals surface area contributed by atoms with Crippen molar-refractivity contribution in [2.24, 2.45) is 10.8 Å². The lowest BCUT2D eigenvalue weighted by Crippen LogP contribution is -2.57. The molecule has 0 amide bonds. The van der Waals surface area contributed by atoms with Crippen molar-refractivity contribution in [1.29, 1.82) is 0 Å². The largest absolute Gasteiger partial charge is 0.375 e. The molecule has 0 spiro atoms. The summed E-state index contributed by atoms with van der Waals surface area (Å²) in [5.41, 5.74) is 4.30. The predicted octanol–water partition coefficient (Wildman–Crippen LogP) is 4.59. The monoisotopic (exact) mass is 459 g/mol. The van der Waals surface area contributed by atoms with E-state index in [1.54, 1.807) is 20.7 Å². The molecule has 3 aliphatic rings. The van der Waals surface area contributed by atoms with E-state index in [2.05, 4.69) is 31.9 Å². The number of nitrogens with zero attached hydrogens (tertiary/aromatic N) is 4. The number of halogens is 1. The Hall–Kier alpha value is -1.87. The van der Waals surface area contributed by atoms with Crippen molar-refractivity contribution in [2.75, 3.05) is 26.2 Å². The Kier molecular flexibility index (Phi) is 5.20. The predicted molar refractivity (Wildman–Crippen MR) is 125 cm³/mol. The Morgan fingerprint density at radius 1 is 1.06 bits per heavy atom. The van der Waals surface area contributed by atoms with Gasteiger partial charge in [-0.05, 0) is 71.2 Å². The van der Waals surface area contributed by atoms with E-state index in [0.29, 0.717) is 26.2 Å². The van der Waals surface area contributed by atoms with Crippen molar-refractivity contribution in [3.63, 3.8) is 0 Å². The van der Waals surface area contributed by atoms with Crippen LogP contribution in [0.4, 0.5) is 4.39 Å². The molecule has 172 valence electrons. The second-order valence-corrected chi connectivity index (χ2v) is 12.5. The van der Waals surface area contributed by atoms with E-state index in [-0.39, 0.29) is 16.6 Å². The maximum Gasteiger partial charge on any atom is 0.375 e. The third-order valence-electron chi connectivity index (χ3n) is 7.53. The van der Waals surface area contributed by atoms with Crippen LogP contribution >= 0.6 is 0 Å². The standard InChI is InChI=1S/C24H31FN4O2S/c1-23(2)9-12-27(13-10-23)32(30,31)28-11-8-19-14-22-18(15-24(19,3)17-28)16-26-29(22)21-6-4-20(25)5-7-21/h4-7,14,16H,8-13,15,17H2,1-3H3/p+1/t24-/m1/s1. The minimum atomic E-state index is -3.21.